The molecule has 12 heterocycles. The largest absolute Gasteiger partial charge is 0.455 e. The molecule has 0 fully saturated rings. The van der Waals surface area contributed by atoms with E-state index in [0.29, 0.717) is 0 Å². The molecule has 0 saturated heterocycles. The molecule has 0 bridgehead atoms. The second-order valence-electron chi connectivity index (χ2n) is 40.1. The summed E-state index contributed by atoms with van der Waals surface area (Å²) in [7, 11) is 0. The van der Waals surface area contributed by atoms with Crippen LogP contribution in [0.5, 0.6) is 0 Å². The molecule has 0 spiro atoms. The summed E-state index contributed by atoms with van der Waals surface area (Å²) >= 11 is 0. The van der Waals surface area contributed by atoms with Crippen molar-refractivity contribution in [1.82, 2.24) is 8.96 Å². The van der Waals surface area contributed by atoms with Crippen LogP contribution in [0.25, 0.3) is 165 Å². The third kappa shape index (κ3) is 8.10. The Hall–Kier alpha value is -12.3. The topological polar surface area (TPSA) is 95.2 Å². The van der Waals surface area contributed by atoms with E-state index in [1.807, 2.05) is 0 Å². The van der Waals surface area contributed by atoms with Crippen LogP contribution in [0, 0.1) is 13.8 Å². The summed E-state index contributed by atoms with van der Waals surface area (Å²) in [4.78, 5) is 5.00. The molecule has 0 unspecified atom stereocenters. The number of rotatable bonds is 3. The predicted octanol–water partition coefficient (Wildman–Crippen LogP) is 26.9. The van der Waals surface area contributed by atoms with Crippen molar-refractivity contribution in [2.75, 3.05) is 9.80 Å². The van der Waals surface area contributed by atoms with E-state index in [9.17, 15) is 0 Å². The molecule has 8 aromatic heterocycles. The average Bonchev–Trinajstić information content (AvgIpc) is 1.48. The summed E-state index contributed by atoms with van der Waals surface area (Å²) < 4.78 is 50.5. The molecule has 4 aliphatic heterocycles. The molecule has 572 valence electrons. The second kappa shape index (κ2) is 21.4. The van der Waals surface area contributed by atoms with Crippen LogP contribution in [-0.4, -0.2) is 22.7 Å². The highest BCUT2D eigenvalue weighted by atomic mass is 16.4. The summed E-state index contributed by atoms with van der Waals surface area (Å²) in [5.74, 6) is 1.66. The summed E-state index contributed by atoms with van der Waals surface area (Å²) in [5.41, 5.74) is 38.1. The van der Waals surface area contributed by atoms with E-state index in [-0.39, 0.29) is 46.2 Å². The molecule has 0 atom stereocenters. The monoisotopic (exact) mass is 1530 g/mol. The van der Waals surface area contributed by atoms with Gasteiger partial charge < -0.3 is 35.5 Å². The number of hydrogen-bond donors (Lipinski definition) is 0. The highest BCUT2D eigenvalue weighted by Crippen LogP contribution is 2.60. The van der Waals surface area contributed by atoms with Gasteiger partial charge in [-0.3, -0.25) is 9.80 Å². The quantitative estimate of drug-likeness (QED) is 0.162. The Labute approximate surface area is 682 Å². The standard InChI is InChI=1S/C106H86B2N4O6/c1-53-43-70-73(104(9,10)40-37-101(70,3)4)50-76(53)109-78-49-68-58-35-33-55(45-82(58)114-95(68)86-64-28-22-27-63-85-60-24-16-19-31-80(60)116-98(85)112(92(63)64)108(90(78)86)89-69-48-72-75(52-84(69)118-99(89)109)106(13,14)42-39-103(72,7)8)56-34-36-62-83(46-56)115-96-65-29-21-26-59-66-47-67-57-23-15-18-30-79(57)113-97(67)94-87(66)107(111(91(59)65)93(62)96)88-61-25-17-20-32-81(61)117-100(88)110(94)77-51-74-71(44-54(77)2)102(5,6)38-41-105(74,11)12/h15-36,43-52H,37-42H2,1-14H3. The molecule has 20 aromatic rings. The first kappa shape index (κ1) is 66.8. The Bertz CT molecular complexity index is 8160. The van der Waals surface area contributed by atoms with Gasteiger partial charge in [0.2, 0.25) is 11.8 Å². The molecule has 10 nitrogen and oxygen atoms in total. The fraction of sp³-hybridized carbons (Fsp3) is 0.245. The lowest BCUT2D eigenvalue weighted by Gasteiger charge is -2.43. The molecule has 7 aliphatic rings. The van der Waals surface area contributed by atoms with Crippen LogP contribution in [-0.2, 0) is 32.5 Å². The van der Waals surface area contributed by atoms with Crippen molar-refractivity contribution in [2.45, 2.75) is 168 Å². The zero-order chi connectivity index (χ0) is 79.3. The van der Waals surface area contributed by atoms with Gasteiger partial charge in [-0.05, 0) is 242 Å². The molecule has 12 heteroatoms. The van der Waals surface area contributed by atoms with Crippen molar-refractivity contribution in [3.63, 3.8) is 0 Å². The molecule has 27 rings (SSSR count). The maximum absolute atomic E-state index is 7.86. The first-order valence-electron chi connectivity index (χ1n) is 42.8. The van der Waals surface area contributed by atoms with Crippen LogP contribution in [0.4, 0.5) is 34.5 Å². The molecule has 12 aromatic carbocycles. The van der Waals surface area contributed by atoms with Crippen molar-refractivity contribution in [3.05, 3.63) is 239 Å². The van der Waals surface area contributed by atoms with Gasteiger partial charge in [0.15, 0.2) is 16.9 Å². The molecular formula is C106H86B2N4O6. The van der Waals surface area contributed by atoms with E-state index >= 15 is 0 Å². The first-order chi connectivity index (χ1) is 56.8. The van der Waals surface area contributed by atoms with E-state index in [4.69, 9.17) is 26.5 Å². The van der Waals surface area contributed by atoms with Gasteiger partial charge in [0, 0.05) is 98.2 Å². The lowest BCUT2D eigenvalue weighted by molar-refractivity contribution is 0.332. The minimum absolute atomic E-state index is 0.00942. The van der Waals surface area contributed by atoms with Gasteiger partial charge in [-0.15, -0.1) is 0 Å². The van der Waals surface area contributed by atoms with Crippen LogP contribution in [0.2, 0.25) is 0 Å². The van der Waals surface area contributed by atoms with Gasteiger partial charge in [0.25, 0.3) is 0 Å². The SMILES string of the molecule is Cc1cc2c(cc1N1c3cc4c(oc5cc(-c6ccc7c(c6)oc6c8cccc9c8n(c76)B6c7c-9cc8c(oc9ccccc98)c7N(c7cc8c(cc7C)C(C)(C)CCC8(C)C)c7oc8ccccc8c76)ccc54)c4c3B(c3c1oc1cc5c(cc31)C(C)(C)CCC5(C)C)n1c3oc5ccccc5c3c3cccc-4c31)C(C)(C)CCC2(C)C. The lowest BCUT2D eigenvalue weighted by atomic mass is 9.45. The Morgan fingerprint density at radius 1 is 0.288 bits per heavy atom. The molecular weight excluding hydrogens is 1450 g/mol. The van der Waals surface area contributed by atoms with E-state index in [2.05, 4.69) is 310 Å². The van der Waals surface area contributed by atoms with Crippen molar-refractivity contribution < 1.29 is 26.5 Å². The van der Waals surface area contributed by atoms with Crippen LogP contribution in [0.3, 0.4) is 0 Å². The van der Waals surface area contributed by atoms with Crippen LogP contribution in [0.1, 0.15) is 166 Å². The summed E-state index contributed by atoms with van der Waals surface area (Å²) in [6, 6.07) is 73.2. The maximum Gasteiger partial charge on any atom is 0.340 e. The fourth-order valence-electron chi connectivity index (χ4n) is 24.1. The predicted molar refractivity (Wildman–Crippen MR) is 488 cm³/mol. The number of furan rings is 6. The fourth-order valence-corrected chi connectivity index (χ4v) is 24.1. The Balaban J connectivity index is 0.683. The molecule has 0 saturated carbocycles. The van der Waals surface area contributed by atoms with Gasteiger partial charge >= 0.3 is 13.7 Å². The minimum Gasteiger partial charge on any atom is -0.455 e. The van der Waals surface area contributed by atoms with Crippen molar-refractivity contribution in [1.29, 1.82) is 0 Å². The van der Waals surface area contributed by atoms with Crippen LogP contribution < -0.4 is 31.7 Å². The van der Waals surface area contributed by atoms with E-state index in [0.717, 1.165) is 244 Å². The zero-order valence-corrected chi connectivity index (χ0v) is 69.1. The number of aryl methyl sites for hydroxylation is 2. The van der Waals surface area contributed by atoms with E-state index in [1.165, 1.54) is 61.0 Å². The average molecular weight is 1530 g/mol. The highest BCUT2D eigenvalue weighted by Gasteiger charge is 2.53. The Kier molecular flexibility index (Phi) is 12.1. The number of fused-ring (bicyclic) bond motifs is 33. The van der Waals surface area contributed by atoms with Crippen molar-refractivity contribution in [3.8, 4) is 33.4 Å². The molecule has 0 amide bonds. The van der Waals surface area contributed by atoms with Gasteiger partial charge in [0.05, 0.1) is 28.0 Å². The van der Waals surface area contributed by atoms with Gasteiger partial charge in [0.1, 0.15) is 39.1 Å². The summed E-state index contributed by atoms with van der Waals surface area (Å²) in [5, 5.41) is 12.0. The third-order valence-electron chi connectivity index (χ3n) is 30.7. The number of para-hydroxylation sites is 5. The van der Waals surface area contributed by atoms with Crippen molar-refractivity contribution in [2.24, 2.45) is 0 Å². The second-order valence-corrected chi connectivity index (χ2v) is 40.1. The maximum atomic E-state index is 7.86. The minimum atomic E-state index is -0.375. The number of anilines is 6. The van der Waals surface area contributed by atoms with Crippen molar-refractivity contribution >= 4 is 202 Å². The zero-order valence-electron chi connectivity index (χ0n) is 69.1. The lowest BCUT2D eigenvalue weighted by Crippen LogP contribution is -2.56. The van der Waals surface area contributed by atoms with Gasteiger partial charge in [-0.2, -0.15) is 0 Å². The highest BCUT2D eigenvalue weighted by molar-refractivity contribution is 6.93. The Morgan fingerprint density at radius 3 is 1.42 bits per heavy atom. The number of benzene rings is 12. The normalized spacial score (nSPS) is 17.9. The number of aromatic nitrogens is 2. The van der Waals surface area contributed by atoms with Gasteiger partial charge in [-0.25, -0.2) is 0 Å². The molecule has 3 aliphatic carbocycles. The van der Waals surface area contributed by atoms with Gasteiger partial charge in [-0.1, -0.05) is 192 Å². The van der Waals surface area contributed by atoms with E-state index < -0.39 is 0 Å². The third-order valence-corrected chi connectivity index (χ3v) is 30.7. The molecule has 0 radical (unpaired) electrons. The van der Waals surface area contributed by atoms with E-state index in [1.54, 1.807) is 0 Å². The summed E-state index contributed by atoms with van der Waals surface area (Å²) in [6.07, 6.45) is 6.65. The molecule has 118 heavy (non-hydrogen) atoms. The number of hydrogen-bond acceptors (Lipinski definition) is 8. The van der Waals surface area contributed by atoms with Crippen LogP contribution >= 0.6 is 0 Å². The number of nitrogens with zero attached hydrogens (tertiary/aromatic N) is 4. The Morgan fingerprint density at radius 2 is 0.754 bits per heavy atom. The first-order valence-corrected chi connectivity index (χ1v) is 42.8. The smallest absolute Gasteiger partial charge is 0.340 e. The summed E-state index contributed by atoms with van der Waals surface area (Å²) in [6.45, 7) is 33.1. The van der Waals surface area contributed by atoms with Crippen LogP contribution in [0.15, 0.2) is 221 Å². The molecule has 0 N–H and O–H groups in total.